The van der Waals surface area contributed by atoms with E-state index >= 15 is 0 Å². The summed E-state index contributed by atoms with van der Waals surface area (Å²) in [5.74, 6) is -1.07. The zero-order valence-electron chi connectivity index (χ0n) is 16.0. The van der Waals surface area contributed by atoms with E-state index in [1.165, 1.54) is 4.90 Å². The van der Waals surface area contributed by atoms with Crippen LogP contribution in [0.25, 0.3) is 0 Å². The fourth-order valence-corrected chi connectivity index (χ4v) is 4.25. The lowest BCUT2D eigenvalue weighted by Crippen LogP contribution is -2.53. The number of carbonyl (C=O) groups is 3. The summed E-state index contributed by atoms with van der Waals surface area (Å²) in [6.07, 6.45) is 2.74. The molecule has 0 bridgehead atoms. The fraction of sp³-hybridized carbons (Fsp3) is 0.550. The van der Waals surface area contributed by atoms with Gasteiger partial charge in [-0.1, -0.05) is 6.07 Å². The molecule has 2 fully saturated rings. The topological polar surface area (TPSA) is 90.0 Å². The van der Waals surface area contributed by atoms with Gasteiger partial charge in [0.2, 0.25) is 5.91 Å². The molecule has 2 aliphatic heterocycles. The van der Waals surface area contributed by atoms with Gasteiger partial charge >= 0.3 is 12.0 Å². The second kappa shape index (κ2) is 7.58. The van der Waals surface area contributed by atoms with Crippen molar-refractivity contribution in [1.82, 2.24) is 9.80 Å². The van der Waals surface area contributed by atoms with Crippen LogP contribution in [0, 0.1) is 19.3 Å². The number of anilines is 1. The zero-order chi connectivity index (χ0) is 19.6. The maximum absolute atomic E-state index is 12.6. The predicted octanol–water partition coefficient (Wildman–Crippen LogP) is 2.62. The number of carboxylic acid groups (broad SMARTS) is 1. The molecule has 1 aromatic rings. The van der Waals surface area contributed by atoms with Crippen LogP contribution >= 0.6 is 0 Å². The van der Waals surface area contributed by atoms with Crippen molar-refractivity contribution < 1.29 is 19.5 Å². The minimum atomic E-state index is -0.981. The van der Waals surface area contributed by atoms with Gasteiger partial charge in [0.05, 0.1) is 0 Å². The van der Waals surface area contributed by atoms with Gasteiger partial charge in [0, 0.05) is 31.7 Å². The molecule has 2 heterocycles. The van der Waals surface area contributed by atoms with Crippen molar-refractivity contribution in [1.29, 1.82) is 0 Å². The van der Waals surface area contributed by atoms with E-state index in [-0.39, 0.29) is 23.9 Å². The summed E-state index contributed by atoms with van der Waals surface area (Å²) in [5, 5.41) is 12.0. The predicted molar refractivity (Wildman–Crippen MR) is 102 cm³/mol. The van der Waals surface area contributed by atoms with E-state index in [9.17, 15) is 14.4 Å². The van der Waals surface area contributed by atoms with E-state index in [1.807, 2.05) is 26.0 Å². The Balaban J connectivity index is 1.58. The number of carbonyl (C=O) groups excluding carboxylic acids is 2. The SMILES string of the molecule is Cc1cc(C)cc(NC(=O)N2CCC3(CCC(=O)N(CC(=O)O)C3)CC2)c1. The molecule has 0 unspecified atom stereocenters. The molecule has 0 atom stereocenters. The normalized spacial score (nSPS) is 19.3. The molecule has 1 aromatic carbocycles. The van der Waals surface area contributed by atoms with Crippen LogP contribution in [-0.4, -0.2) is 59.0 Å². The maximum atomic E-state index is 12.6. The van der Waals surface area contributed by atoms with E-state index in [4.69, 9.17) is 5.11 Å². The number of hydrogen-bond acceptors (Lipinski definition) is 3. The molecule has 0 saturated carbocycles. The van der Waals surface area contributed by atoms with Crippen LogP contribution < -0.4 is 5.32 Å². The van der Waals surface area contributed by atoms with Crippen molar-refractivity contribution in [3.63, 3.8) is 0 Å². The molecule has 3 rings (SSSR count). The first-order valence-corrected chi connectivity index (χ1v) is 9.40. The second-order valence-corrected chi connectivity index (χ2v) is 7.94. The lowest BCUT2D eigenvalue weighted by molar-refractivity contribution is -0.149. The fourth-order valence-electron chi connectivity index (χ4n) is 4.25. The van der Waals surface area contributed by atoms with Gasteiger partial charge in [-0.15, -0.1) is 0 Å². The third-order valence-corrected chi connectivity index (χ3v) is 5.66. The Morgan fingerprint density at radius 3 is 2.33 bits per heavy atom. The summed E-state index contributed by atoms with van der Waals surface area (Å²) in [7, 11) is 0. The van der Waals surface area contributed by atoms with Gasteiger partial charge < -0.3 is 20.2 Å². The summed E-state index contributed by atoms with van der Waals surface area (Å²) in [5.41, 5.74) is 2.94. The number of urea groups is 1. The Hall–Kier alpha value is -2.57. The number of likely N-dealkylation sites (tertiary alicyclic amines) is 2. The van der Waals surface area contributed by atoms with Crippen molar-refractivity contribution in [3.8, 4) is 0 Å². The Morgan fingerprint density at radius 2 is 1.74 bits per heavy atom. The number of benzene rings is 1. The van der Waals surface area contributed by atoms with E-state index in [1.54, 1.807) is 4.90 Å². The number of aryl methyl sites for hydroxylation is 2. The Morgan fingerprint density at radius 1 is 1.11 bits per heavy atom. The highest BCUT2D eigenvalue weighted by Gasteiger charge is 2.42. The number of hydrogen-bond donors (Lipinski definition) is 2. The highest BCUT2D eigenvalue weighted by Crippen LogP contribution is 2.40. The highest BCUT2D eigenvalue weighted by atomic mass is 16.4. The van der Waals surface area contributed by atoms with Crippen LogP contribution in [0.15, 0.2) is 18.2 Å². The molecule has 1 spiro atoms. The number of carboxylic acids is 1. The molecule has 146 valence electrons. The van der Waals surface area contributed by atoms with Gasteiger partial charge in [-0.2, -0.15) is 0 Å². The molecule has 2 saturated heterocycles. The number of amides is 3. The van der Waals surface area contributed by atoms with E-state index in [2.05, 4.69) is 11.4 Å². The third-order valence-electron chi connectivity index (χ3n) is 5.66. The van der Waals surface area contributed by atoms with E-state index < -0.39 is 5.97 Å². The van der Waals surface area contributed by atoms with E-state index in [0.29, 0.717) is 26.1 Å². The maximum Gasteiger partial charge on any atom is 0.323 e. The van der Waals surface area contributed by atoms with Gasteiger partial charge in [-0.25, -0.2) is 4.79 Å². The second-order valence-electron chi connectivity index (χ2n) is 7.94. The number of rotatable bonds is 3. The first-order valence-electron chi connectivity index (χ1n) is 9.40. The summed E-state index contributed by atoms with van der Waals surface area (Å²) >= 11 is 0. The summed E-state index contributed by atoms with van der Waals surface area (Å²) in [6, 6.07) is 5.86. The highest BCUT2D eigenvalue weighted by molar-refractivity contribution is 5.89. The van der Waals surface area contributed by atoms with Crippen LogP contribution in [0.4, 0.5) is 10.5 Å². The average Bonchev–Trinajstić information content (AvgIpc) is 2.57. The smallest absolute Gasteiger partial charge is 0.323 e. The molecule has 0 aromatic heterocycles. The largest absolute Gasteiger partial charge is 0.480 e. The molecular formula is C20H27N3O4. The average molecular weight is 373 g/mol. The van der Waals surface area contributed by atoms with Crippen molar-refractivity contribution in [2.75, 3.05) is 31.5 Å². The van der Waals surface area contributed by atoms with Crippen LogP contribution in [-0.2, 0) is 9.59 Å². The Bertz CT molecular complexity index is 733. The molecule has 0 aliphatic carbocycles. The lowest BCUT2D eigenvalue weighted by Gasteiger charge is -2.47. The van der Waals surface area contributed by atoms with Crippen LogP contribution in [0.5, 0.6) is 0 Å². The molecule has 0 radical (unpaired) electrons. The Kier molecular flexibility index (Phi) is 5.39. The first-order chi connectivity index (χ1) is 12.8. The molecule has 7 heteroatoms. The minimum absolute atomic E-state index is 0.0694. The first kappa shape index (κ1) is 19.2. The summed E-state index contributed by atoms with van der Waals surface area (Å²) in [4.78, 5) is 38.8. The lowest BCUT2D eigenvalue weighted by atomic mass is 9.72. The molecule has 7 nitrogen and oxygen atoms in total. The minimum Gasteiger partial charge on any atom is -0.480 e. The van der Waals surface area contributed by atoms with Crippen LogP contribution in [0.3, 0.4) is 0 Å². The van der Waals surface area contributed by atoms with Crippen LogP contribution in [0.1, 0.15) is 36.8 Å². The number of piperidine rings is 2. The number of aliphatic carboxylic acids is 1. The van der Waals surface area contributed by atoms with Gasteiger partial charge in [0.25, 0.3) is 0 Å². The molecule has 2 aliphatic rings. The summed E-state index contributed by atoms with van der Waals surface area (Å²) < 4.78 is 0. The molecule has 3 amide bonds. The molecular weight excluding hydrogens is 346 g/mol. The molecule has 2 N–H and O–H groups in total. The molecule has 27 heavy (non-hydrogen) atoms. The number of nitrogens with zero attached hydrogens (tertiary/aromatic N) is 2. The van der Waals surface area contributed by atoms with Gasteiger partial charge in [0.1, 0.15) is 6.54 Å². The third kappa shape index (κ3) is 4.59. The van der Waals surface area contributed by atoms with Crippen molar-refractivity contribution in [2.45, 2.75) is 39.5 Å². The van der Waals surface area contributed by atoms with Crippen molar-refractivity contribution in [2.24, 2.45) is 5.41 Å². The quantitative estimate of drug-likeness (QED) is 0.852. The van der Waals surface area contributed by atoms with Gasteiger partial charge in [-0.3, -0.25) is 9.59 Å². The van der Waals surface area contributed by atoms with Crippen molar-refractivity contribution in [3.05, 3.63) is 29.3 Å². The zero-order valence-corrected chi connectivity index (χ0v) is 16.0. The van der Waals surface area contributed by atoms with Crippen LogP contribution in [0.2, 0.25) is 0 Å². The van der Waals surface area contributed by atoms with Gasteiger partial charge in [0.15, 0.2) is 0 Å². The monoisotopic (exact) mass is 373 g/mol. The Labute approximate surface area is 159 Å². The summed E-state index contributed by atoms with van der Waals surface area (Å²) in [6.45, 7) is 5.47. The van der Waals surface area contributed by atoms with E-state index in [0.717, 1.165) is 36.1 Å². The van der Waals surface area contributed by atoms with Gasteiger partial charge in [-0.05, 0) is 61.8 Å². The standard InChI is InChI=1S/C20H27N3O4/c1-14-9-15(2)11-16(10-14)21-19(27)22-7-5-20(6-8-22)4-3-17(24)23(13-20)12-18(25)26/h9-11H,3-8,12-13H2,1-2H3,(H,21,27)(H,25,26). The number of nitrogens with one attached hydrogen (secondary N) is 1. The van der Waals surface area contributed by atoms with Crippen molar-refractivity contribution >= 4 is 23.6 Å².